The molecule has 0 aliphatic carbocycles. The molecule has 1 nitrogen and oxygen atoms in total. The molecule has 0 aliphatic heterocycles. The molecule has 2 atom stereocenters. The van der Waals surface area contributed by atoms with Crippen molar-refractivity contribution < 1.29 is 0 Å². The van der Waals surface area contributed by atoms with E-state index in [2.05, 4.69) is 13.6 Å². The number of nitrogens with two attached hydrogens (primary N) is 1. The highest BCUT2D eigenvalue weighted by atomic mass is 31.1. The molecule has 2 unspecified atom stereocenters. The van der Waals surface area contributed by atoms with E-state index in [1.54, 1.807) is 0 Å². The second-order valence-electron chi connectivity index (χ2n) is 1.43. The third kappa shape index (κ3) is 2.62. The molecular weight excluding hydrogens is 93.0 g/mol. The summed E-state index contributed by atoms with van der Waals surface area (Å²) >= 11 is 0. The normalized spacial score (nSPS) is 16.5. The highest BCUT2D eigenvalue weighted by Crippen LogP contribution is 2.09. The molecule has 0 heterocycles. The zero-order chi connectivity index (χ0) is 4.99. The second-order valence-corrected chi connectivity index (χ2v) is 2.99. The molecule has 0 saturated carbocycles. The fourth-order valence-electron chi connectivity index (χ4n) is 0.118. The molecule has 0 aromatic heterocycles. The maximum atomic E-state index is 5.29. The summed E-state index contributed by atoms with van der Waals surface area (Å²) in [5.74, 6) is 0. The van der Waals surface area contributed by atoms with Gasteiger partial charge in [-0.15, -0.1) is 8.58 Å². The largest absolute Gasteiger partial charge is 0.330 e. The number of hydrogen-bond donors (Lipinski definition) is 1. The van der Waals surface area contributed by atoms with Crippen molar-refractivity contribution in [1.29, 1.82) is 0 Å². The summed E-state index contributed by atoms with van der Waals surface area (Å²) in [6, 6.07) is 0. The van der Waals surface area contributed by atoms with Gasteiger partial charge < -0.3 is 5.73 Å². The van der Waals surface area contributed by atoms with Gasteiger partial charge in [0.1, 0.15) is 0 Å². The first-order valence-corrected chi connectivity index (χ1v) is 3.76. The van der Waals surface area contributed by atoms with Crippen molar-refractivity contribution in [3.63, 3.8) is 0 Å². The van der Waals surface area contributed by atoms with Gasteiger partial charge >= 0.3 is 0 Å². The molecule has 0 aromatic carbocycles. The Morgan fingerprint density at radius 2 is 2.33 bits per heavy atom. The topological polar surface area (TPSA) is 26.0 Å². The minimum absolute atomic E-state index is 0.741. The van der Waals surface area contributed by atoms with E-state index in [0.29, 0.717) is 0 Å². The standard InChI is InChI=1S/C4H12NP/c1-4(3-5)6-2/h4,6H,3,5H2,1-2H3. The van der Waals surface area contributed by atoms with Gasteiger partial charge in [-0.1, -0.05) is 6.92 Å². The Hall–Kier alpha value is 0.390. The minimum Gasteiger partial charge on any atom is -0.330 e. The van der Waals surface area contributed by atoms with E-state index in [-0.39, 0.29) is 0 Å². The predicted octanol–water partition coefficient (Wildman–Crippen LogP) is 0.642. The molecule has 0 rings (SSSR count). The van der Waals surface area contributed by atoms with Crippen molar-refractivity contribution in [3.05, 3.63) is 0 Å². The van der Waals surface area contributed by atoms with Crippen LogP contribution in [0.15, 0.2) is 0 Å². The van der Waals surface area contributed by atoms with Crippen LogP contribution in [-0.2, 0) is 0 Å². The predicted molar refractivity (Wildman–Crippen MR) is 32.8 cm³/mol. The molecule has 38 valence electrons. The maximum absolute atomic E-state index is 5.29. The first-order valence-electron chi connectivity index (χ1n) is 2.18. The number of rotatable bonds is 2. The Labute approximate surface area is 41.1 Å². The van der Waals surface area contributed by atoms with E-state index in [9.17, 15) is 0 Å². The molecule has 0 aliphatic rings. The summed E-state index contributed by atoms with van der Waals surface area (Å²) in [4.78, 5) is 0. The SMILES string of the molecule is CPC(C)CN. The zero-order valence-electron chi connectivity index (χ0n) is 4.36. The van der Waals surface area contributed by atoms with Gasteiger partial charge in [0.05, 0.1) is 0 Å². The van der Waals surface area contributed by atoms with E-state index < -0.39 is 0 Å². The average Bonchev–Trinajstić information content (AvgIpc) is 1.65. The molecule has 0 saturated heterocycles. The van der Waals surface area contributed by atoms with Crippen molar-refractivity contribution in [1.82, 2.24) is 0 Å². The van der Waals surface area contributed by atoms with Crippen LogP contribution in [0.1, 0.15) is 6.92 Å². The number of hydrogen-bond acceptors (Lipinski definition) is 1. The lowest BCUT2D eigenvalue weighted by Gasteiger charge is -1.99. The zero-order valence-corrected chi connectivity index (χ0v) is 5.36. The quantitative estimate of drug-likeness (QED) is 0.512. The van der Waals surface area contributed by atoms with Crippen LogP contribution in [0.3, 0.4) is 0 Å². The van der Waals surface area contributed by atoms with Gasteiger partial charge in [-0.25, -0.2) is 0 Å². The van der Waals surface area contributed by atoms with E-state index in [4.69, 9.17) is 5.73 Å². The van der Waals surface area contributed by atoms with E-state index in [0.717, 1.165) is 20.8 Å². The summed E-state index contributed by atoms with van der Waals surface area (Å²) in [6.45, 7) is 5.19. The average molecular weight is 105 g/mol. The lowest BCUT2D eigenvalue weighted by atomic mass is 10.5. The lowest BCUT2D eigenvalue weighted by Crippen LogP contribution is -2.10. The second kappa shape index (κ2) is 3.58. The van der Waals surface area contributed by atoms with E-state index in [1.165, 1.54) is 0 Å². The molecular formula is C4H12NP. The molecule has 0 spiro atoms. The molecule has 0 amide bonds. The smallest absolute Gasteiger partial charge is 0.00145 e. The van der Waals surface area contributed by atoms with Crippen LogP contribution in [0.4, 0.5) is 0 Å². The lowest BCUT2D eigenvalue weighted by molar-refractivity contribution is 0.948. The summed E-state index contributed by atoms with van der Waals surface area (Å²) in [5.41, 5.74) is 6.03. The Bertz CT molecular complexity index is 26.7. The minimum atomic E-state index is 0.741. The van der Waals surface area contributed by atoms with Gasteiger partial charge in [-0.3, -0.25) is 0 Å². The third-order valence-corrected chi connectivity index (χ3v) is 2.07. The van der Waals surface area contributed by atoms with Crippen LogP contribution < -0.4 is 5.73 Å². The molecule has 0 fully saturated rings. The first kappa shape index (κ1) is 6.39. The monoisotopic (exact) mass is 105 g/mol. The van der Waals surface area contributed by atoms with Crippen molar-refractivity contribution in [2.24, 2.45) is 5.73 Å². The van der Waals surface area contributed by atoms with E-state index in [1.807, 2.05) is 0 Å². The highest BCUT2D eigenvalue weighted by Gasteiger charge is 1.88. The highest BCUT2D eigenvalue weighted by molar-refractivity contribution is 7.37. The van der Waals surface area contributed by atoms with Gasteiger partial charge in [0.25, 0.3) is 0 Å². The van der Waals surface area contributed by atoms with Gasteiger partial charge in [0.2, 0.25) is 0 Å². The summed E-state index contributed by atoms with van der Waals surface area (Å²) in [5, 5.41) is 0. The van der Waals surface area contributed by atoms with Gasteiger partial charge in [0.15, 0.2) is 0 Å². The van der Waals surface area contributed by atoms with Crippen LogP contribution in [-0.4, -0.2) is 18.9 Å². The maximum Gasteiger partial charge on any atom is -0.00145 e. The Morgan fingerprint density at radius 3 is 2.33 bits per heavy atom. The Balaban J connectivity index is 2.75. The molecule has 0 aromatic rings. The fourth-order valence-corrected chi connectivity index (χ4v) is 0.354. The molecule has 2 heteroatoms. The van der Waals surface area contributed by atoms with Crippen LogP contribution >= 0.6 is 8.58 Å². The van der Waals surface area contributed by atoms with E-state index >= 15 is 0 Å². The van der Waals surface area contributed by atoms with Crippen LogP contribution in [0.25, 0.3) is 0 Å². The van der Waals surface area contributed by atoms with Gasteiger partial charge in [-0.2, -0.15) is 0 Å². The van der Waals surface area contributed by atoms with Crippen molar-refractivity contribution >= 4 is 8.58 Å². The van der Waals surface area contributed by atoms with Crippen molar-refractivity contribution in [3.8, 4) is 0 Å². The summed E-state index contributed by atoms with van der Waals surface area (Å²) in [6.07, 6.45) is 0. The van der Waals surface area contributed by atoms with Crippen molar-refractivity contribution in [2.75, 3.05) is 13.2 Å². The van der Waals surface area contributed by atoms with Gasteiger partial charge in [-0.05, 0) is 18.9 Å². The summed E-state index contributed by atoms with van der Waals surface area (Å²) in [7, 11) is 1.01. The summed E-state index contributed by atoms with van der Waals surface area (Å²) < 4.78 is 0. The van der Waals surface area contributed by atoms with Crippen LogP contribution in [0.5, 0.6) is 0 Å². The van der Waals surface area contributed by atoms with Crippen LogP contribution in [0.2, 0.25) is 0 Å². The fraction of sp³-hybridized carbons (Fsp3) is 1.00. The Morgan fingerprint density at radius 1 is 1.83 bits per heavy atom. The molecule has 2 N–H and O–H groups in total. The first-order chi connectivity index (χ1) is 2.81. The Kier molecular flexibility index (Phi) is 3.81. The van der Waals surface area contributed by atoms with Crippen molar-refractivity contribution in [2.45, 2.75) is 12.6 Å². The molecule has 0 radical (unpaired) electrons. The van der Waals surface area contributed by atoms with Gasteiger partial charge in [0, 0.05) is 0 Å². The van der Waals surface area contributed by atoms with Crippen LogP contribution in [0, 0.1) is 0 Å². The molecule has 6 heavy (non-hydrogen) atoms. The third-order valence-electron chi connectivity index (χ3n) is 0.846. The molecule has 0 bridgehead atoms.